The Morgan fingerprint density at radius 3 is 2.82 bits per heavy atom. The van der Waals surface area contributed by atoms with E-state index < -0.39 is 0 Å². The van der Waals surface area contributed by atoms with Crippen LogP contribution in [0.4, 0.5) is 5.69 Å². The number of carbonyl (C=O) groups is 1. The molecule has 0 saturated carbocycles. The van der Waals surface area contributed by atoms with Gasteiger partial charge in [-0.05, 0) is 36.5 Å². The van der Waals surface area contributed by atoms with Crippen molar-refractivity contribution in [2.75, 3.05) is 12.3 Å². The Morgan fingerprint density at radius 1 is 1.41 bits per heavy atom. The summed E-state index contributed by atoms with van der Waals surface area (Å²) in [6, 6.07) is 7.69. The number of hydrogen-bond acceptors (Lipinski definition) is 2. The van der Waals surface area contributed by atoms with Crippen molar-refractivity contribution in [2.45, 2.75) is 33.1 Å². The van der Waals surface area contributed by atoms with Crippen molar-refractivity contribution in [3.8, 4) is 0 Å². The topological polar surface area (TPSA) is 55.1 Å². The number of nitrogens with one attached hydrogen (secondary N) is 1. The zero-order chi connectivity index (χ0) is 12.7. The van der Waals surface area contributed by atoms with Gasteiger partial charge in [-0.3, -0.25) is 4.79 Å². The lowest BCUT2D eigenvalue weighted by Gasteiger charge is -2.07. The third-order valence-electron chi connectivity index (χ3n) is 2.64. The molecule has 0 aliphatic rings. The molecule has 3 N–H and O–H groups in total. The number of aryl methyl sites for hydroxylation is 1. The highest BCUT2D eigenvalue weighted by molar-refractivity contribution is 5.76. The highest BCUT2D eigenvalue weighted by Crippen LogP contribution is 2.08. The highest BCUT2D eigenvalue weighted by Gasteiger charge is 2.02. The minimum absolute atomic E-state index is 0.119. The molecule has 0 bridgehead atoms. The van der Waals surface area contributed by atoms with Gasteiger partial charge in [-0.15, -0.1) is 0 Å². The van der Waals surface area contributed by atoms with Crippen LogP contribution in [0.15, 0.2) is 24.3 Å². The molecule has 1 aromatic carbocycles. The first-order valence-corrected chi connectivity index (χ1v) is 6.19. The van der Waals surface area contributed by atoms with E-state index in [9.17, 15) is 4.79 Å². The van der Waals surface area contributed by atoms with Crippen LogP contribution >= 0.6 is 0 Å². The van der Waals surface area contributed by atoms with Crippen LogP contribution in [0.25, 0.3) is 0 Å². The van der Waals surface area contributed by atoms with Gasteiger partial charge in [0.1, 0.15) is 0 Å². The van der Waals surface area contributed by atoms with Crippen LogP contribution in [-0.4, -0.2) is 12.5 Å². The first-order chi connectivity index (χ1) is 8.08. The molecule has 0 saturated heterocycles. The quantitative estimate of drug-likeness (QED) is 0.742. The van der Waals surface area contributed by atoms with Gasteiger partial charge < -0.3 is 11.1 Å². The molecule has 0 aliphatic carbocycles. The van der Waals surface area contributed by atoms with Crippen molar-refractivity contribution in [2.24, 2.45) is 5.92 Å². The van der Waals surface area contributed by atoms with Crippen LogP contribution in [0.1, 0.15) is 32.3 Å². The van der Waals surface area contributed by atoms with E-state index in [-0.39, 0.29) is 5.91 Å². The van der Waals surface area contributed by atoms with Crippen molar-refractivity contribution in [3.05, 3.63) is 29.8 Å². The third-order valence-corrected chi connectivity index (χ3v) is 2.64. The standard InChI is InChI=1S/C14H22N2O/c1-11(2)8-9-16-14(17)7-6-12-4-3-5-13(15)10-12/h3-5,10-11H,6-9,15H2,1-2H3,(H,16,17). The van der Waals surface area contributed by atoms with Gasteiger partial charge in [0.25, 0.3) is 0 Å². The molecule has 17 heavy (non-hydrogen) atoms. The minimum atomic E-state index is 0.119. The summed E-state index contributed by atoms with van der Waals surface area (Å²) in [5.41, 5.74) is 7.55. The van der Waals surface area contributed by atoms with Crippen LogP contribution < -0.4 is 11.1 Å². The number of nitrogen functional groups attached to an aromatic ring is 1. The second-order valence-corrected chi connectivity index (χ2v) is 4.78. The number of hydrogen-bond donors (Lipinski definition) is 2. The highest BCUT2D eigenvalue weighted by atomic mass is 16.1. The van der Waals surface area contributed by atoms with Gasteiger partial charge in [-0.25, -0.2) is 0 Å². The number of amides is 1. The molecule has 1 rings (SSSR count). The monoisotopic (exact) mass is 234 g/mol. The van der Waals surface area contributed by atoms with Gasteiger partial charge in [0.2, 0.25) is 5.91 Å². The average molecular weight is 234 g/mol. The molecule has 1 amide bonds. The Hall–Kier alpha value is -1.51. The predicted molar refractivity (Wildman–Crippen MR) is 71.6 cm³/mol. The fourth-order valence-electron chi connectivity index (χ4n) is 1.60. The average Bonchev–Trinajstić information content (AvgIpc) is 2.26. The zero-order valence-electron chi connectivity index (χ0n) is 10.7. The Bertz CT molecular complexity index is 361. The molecule has 0 atom stereocenters. The maximum Gasteiger partial charge on any atom is 0.220 e. The van der Waals surface area contributed by atoms with E-state index >= 15 is 0 Å². The maximum absolute atomic E-state index is 11.5. The Morgan fingerprint density at radius 2 is 2.18 bits per heavy atom. The molecule has 0 aliphatic heterocycles. The molecule has 0 aromatic heterocycles. The molecule has 94 valence electrons. The Kier molecular flexibility index (Phi) is 5.53. The van der Waals surface area contributed by atoms with Crippen molar-refractivity contribution in [1.29, 1.82) is 0 Å². The summed E-state index contributed by atoms with van der Waals surface area (Å²) in [5, 5.41) is 2.93. The van der Waals surface area contributed by atoms with Crippen molar-refractivity contribution >= 4 is 11.6 Å². The van der Waals surface area contributed by atoms with E-state index in [0.717, 1.165) is 30.6 Å². The predicted octanol–water partition coefficient (Wildman–Crippen LogP) is 2.36. The summed E-state index contributed by atoms with van der Waals surface area (Å²) < 4.78 is 0. The summed E-state index contributed by atoms with van der Waals surface area (Å²) >= 11 is 0. The minimum Gasteiger partial charge on any atom is -0.399 e. The van der Waals surface area contributed by atoms with Crippen molar-refractivity contribution < 1.29 is 4.79 Å². The zero-order valence-corrected chi connectivity index (χ0v) is 10.7. The van der Waals surface area contributed by atoms with Crippen LogP contribution in [0.2, 0.25) is 0 Å². The Balaban J connectivity index is 2.24. The van der Waals surface area contributed by atoms with E-state index in [1.807, 2.05) is 24.3 Å². The van der Waals surface area contributed by atoms with Gasteiger partial charge in [0, 0.05) is 18.7 Å². The largest absolute Gasteiger partial charge is 0.399 e. The van der Waals surface area contributed by atoms with Crippen LogP contribution in [0, 0.1) is 5.92 Å². The van der Waals surface area contributed by atoms with Gasteiger partial charge in [0.05, 0.1) is 0 Å². The van der Waals surface area contributed by atoms with Gasteiger partial charge in [-0.2, -0.15) is 0 Å². The third kappa shape index (κ3) is 5.95. The number of rotatable bonds is 6. The summed E-state index contributed by atoms with van der Waals surface area (Å²) in [7, 11) is 0. The first kappa shape index (κ1) is 13.6. The van der Waals surface area contributed by atoms with E-state index in [1.165, 1.54) is 0 Å². The summed E-state index contributed by atoms with van der Waals surface area (Å²) in [6.07, 6.45) is 2.31. The first-order valence-electron chi connectivity index (χ1n) is 6.19. The molecule has 1 aromatic rings. The van der Waals surface area contributed by atoms with Gasteiger partial charge in [0.15, 0.2) is 0 Å². The number of carbonyl (C=O) groups excluding carboxylic acids is 1. The Labute approximate surface area is 103 Å². The molecule has 0 heterocycles. The SMILES string of the molecule is CC(C)CCNC(=O)CCc1cccc(N)c1. The molecule has 3 nitrogen and oxygen atoms in total. The number of nitrogens with two attached hydrogens (primary N) is 1. The van der Waals surface area contributed by atoms with E-state index in [4.69, 9.17) is 5.73 Å². The van der Waals surface area contributed by atoms with E-state index in [2.05, 4.69) is 19.2 Å². The lowest BCUT2D eigenvalue weighted by molar-refractivity contribution is -0.121. The number of anilines is 1. The molecule has 0 unspecified atom stereocenters. The molecule has 0 spiro atoms. The van der Waals surface area contributed by atoms with E-state index in [1.54, 1.807) is 0 Å². The molecular formula is C14H22N2O. The van der Waals surface area contributed by atoms with Crippen LogP contribution in [0.5, 0.6) is 0 Å². The number of benzene rings is 1. The lowest BCUT2D eigenvalue weighted by Crippen LogP contribution is -2.25. The normalized spacial score (nSPS) is 10.5. The fraction of sp³-hybridized carbons (Fsp3) is 0.500. The van der Waals surface area contributed by atoms with Crippen molar-refractivity contribution in [3.63, 3.8) is 0 Å². The molecule has 3 heteroatoms. The lowest BCUT2D eigenvalue weighted by atomic mass is 10.1. The van der Waals surface area contributed by atoms with Crippen LogP contribution in [0.3, 0.4) is 0 Å². The second-order valence-electron chi connectivity index (χ2n) is 4.78. The molecule has 0 fully saturated rings. The smallest absolute Gasteiger partial charge is 0.220 e. The molecular weight excluding hydrogens is 212 g/mol. The molecule has 0 radical (unpaired) electrons. The summed E-state index contributed by atoms with van der Waals surface area (Å²) in [6.45, 7) is 5.07. The van der Waals surface area contributed by atoms with Crippen LogP contribution in [-0.2, 0) is 11.2 Å². The summed E-state index contributed by atoms with van der Waals surface area (Å²) in [4.78, 5) is 11.5. The fourth-order valence-corrected chi connectivity index (χ4v) is 1.60. The maximum atomic E-state index is 11.5. The van der Waals surface area contributed by atoms with Gasteiger partial charge in [-0.1, -0.05) is 26.0 Å². The van der Waals surface area contributed by atoms with Gasteiger partial charge >= 0.3 is 0 Å². The van der Waals surface area contributed by atoms with E-state index in [0.29, 0.717) is 12.3 Å². The second kappa shape index (κ2) is 6.94. The van der Waals surface area contributed by atoms with Crippen molar-refractivity contribution in [1.82, 2.24) is 5.32 Å². The summed E-state index contributed by atoms with van der Waals surface area (Å²) in [5.74, 6) is 0.747.